The van der Waals surface area contributed by atoms with Crippen molar-refractivity contribution in [1.82, 2.24) is 19.7 Å². The van der Waals surface area contributed by atoms with Crippen molar-refractivity contribution in [2.24, 2.45) is 0 Å². The third kappa shape index (κ3) is 4.90. The van der Waals surface area contributed by atoms with E-state index < -0.39 is 5.97 Å². The lowest BCUT2D eigenvalue weighted by Crippen LogP contribution is -2.00. The second kappa shape index (κ2) is 9.64. The number of nitrogens with one attached hydrogen (secondary N) is 1. The molecule has 2 heterocycles. The Morgan fingerprint density at radius 1 is 1.25 bits per heavy atom. The van der Waals surface area contributed by atoms with E-state index in [0.717, 1.165) is 21.9 Å². The summed E-state index contributed by atoms with van der Waals surface area (Å²) in [6, 6.07) is 16.6. The molecule has 0 radical (unpaired) electrons. The number of methoxy groups -OCH3 is 1. The lowest BCUT2D eigenvalue weighted by molar-refractivity contribution is -0.131. The number of thioether (sulfide) groups is 1. The normalized spacial score (nSPS) is 11.5. The third-order valence-corrected chi connectivity index (χ3v) is 6.10. The summed E-state index contributed by atoms with van der Waals surface area (Å²) in [7, 11) is 1.55. The molecule has 0 aliphatic heterocycles. The second-order valence-electron chi connectivity index (χ2n) is 6.51. The van der Waals surface area contributed by atoms with Crippen LogP contribution in [0.4, 0.5) is 0 Å². The van der Waals surface area contributed by atoms with Crippen LogP contribution in [0.5, 0.6) is 5.75 Å². The fraction of sp³-hybridized carbons (Fsp3) is 0.0455. The highest BCUT2D eigenvalue weighted by Gasteiger charge is 2.17. The molecule has 10 heteroatoms. The first-order valence-corrected chi connectivity index (χ1v) is 11.3. The summed E-state index contributed by atoms with van der Waals surface area (Å²) in [6.45, 7) is 0. The van der Waals surface area contributed by atoms with Gasteiger partial charge in [0.2, 0.25) is 5.16 Å². The van der Waals surface area contributed by atoms with Crippen LogP contribution in [0, 0.1) is 0 Å². The average Bonchev–Trinajstić information content (AvgIpc) is 3.43. The summed E-state index contributed by atoms with van der Waals surface area (Å²) in [5.74, 6) is -0.0801. The highest BCUT2D eigenvalue weighted by Crippen LogP contribution is 2.33. The summed E-state index contributed by atoms with van der Waals surface area (Å²) in [4.78, 5) is 16.4. The van der Waals surface area contributed by atoms with E-state index >= 15 is 0 Å². The molecule has 0 unspecified atom stereocenters. The van der Waals surface area contributed by atoms with Crippen molar-refractivity contribution in [2.75, 3.05) is 7.11 Å². The van der Waals surface area contributed by atoms with Crippen molar-refractivity contribution in [2.45, 2.75) is 5.16 Å². The summed E-state index contributed by atoms with van der Waals surface area (Å²) in [5, 5.41) is 17.5. The maximum Gasteiger partial charge on any atom is 0.342 e. The Labute approximate surface area is 201 Å². The quantitative estimate of drug-likeness (QED) is 0.228. The topological polar surface area (TPSA) is 93.0 Å². The fourth-order valence-corrected chi connectivity index (χ4v) is 4.12. The van der Waals surface area contributed by atoms with Crippen LogP contribution in [-0.2, 0) is 4.79 Å². The SMILES string of the molecule is COc1ccc(Cl)cc1-c1nc(S/C(=C\c2cccn2-c2ccc(Br)cc2)C(=O)O)n[nH]1. The number of carbonyl (C=O) groups is 1. The monoisotopic (exact) mass is 530 g/mol. The number of aliphatic carboxylic acids is 1. The van der Waals surface area contributed by atoms with Crippen LogP contribution in [0.2, 0.25) is 5.02 Å². The van der Waals surface area contributed by atoms with Crippen molar-refractivity contribution in [3.8, 4) is 22.8 Å². The zero-order valence-electron chi connectivity index (χ0n) is 16.6. The number of ether oxygens (including phenoxy) is 1. The van der Waals surface area contributed by atoms with Gasteiger partial charge >= 0.3 is 5.97 Å². The first-order valence-electron chi connectivity index (χ1n) is 9.27. The second-order valence-corrected chi connectivity index (χ2v) is 8.87. The number of rotatable bonds is 7. The summed E-state index contributed by atoms with van der Waals surface area (Å²) in [5.41, 5.74) is 2.25. The van der Waals surface area contributed by atoms with Crippen LogP contribution in [0.1, 0.15) is 5.69 Å². The number of aromatic amines is 1. The molecule has 0 aliphatic carbocycles. The van der Waals surface area contributed by atoms with E-state index in [1.165, 1.54) is 0 Å². The number of halogens is 2. The van der Waals surface area contributed by atoms with E-state index in [2.05, 4.69) is 31.1 Å². The van der Waals surface area contributed by atoms with Crippen LogP contribution >= 0.6 is 39.3 Å². The van der Waals surface area contributed by atoms with Crippen molar-refractivity contribution < 1.29 is 14.6 Å². The van der Waals surface area contributed by atoms with Gasteiger partial charge in [-0.05, 0) is 72.4 Å². The molecule has 0 spiro atoms. The Hall–Kier alpha value is -3.01. The highest BCUT2D eigenvalue weighted by atomic mass is 79.9. The molecule has 0 atom stereocenters. The van der Waals surface area contributed by atoms with Crippen LogP contribution < -0.4 is 4.74 Å². The van der Waals surface area contributed by atoms with E-state index in [1.807, 2.05) is 47.2 Å². The van der Waals surface area contributed by atoms with Gasteiger partial charge in [-0.2, -0.15) is 0 Å². The van der Waals surface area contributed by atoms with E-state index in [4.69, 9.17) is 16.3 Å². The molecule has 0 aliphatic rings. The maximum absolute atomic E-state index is 11.9. The van der Waals surface area contributed by atoms with E-state index in [1.54, 1.807) is 31.4 Å². The predicted octanol–water partition coefficient (Wildman–Crippen LogP) is 5.90. The van der Waals surface area contributed by atoms with Crippen molar-refractivity contribution >= 4 is 51.3 Å². The van der Waals surface area contributed by atoms with Crippen LogP contribution in [0.3, 0.4) is 0 Å². The van der Waals surface area contributed by atoms with E-state index in [9.17, 15) is 9.90 Å². The van der Waals surface area contributed by atoms with Gasteiger partial charge in [0.05, 0.1) is 12.7 Å². The molecule has 2 aromatic heterocycles. The lowest BCUT2D eigenvalue weighted by Gasteiger charge is -2.07. The largest absolute Gasteiger partial charge is 0.496 e. The lowest BCUT2D eigenvalue weighted by atomic mass is 10.2. The van der Waals surface area contributed by atoms with Gasteiger partial charge in [-0.3, -0.25) is 5.10 Å². The van der Waals surface area contributed by atoms with Crippen LogP contribution in [-0.4, -0.2) is 37.9 Å². The Balaban J connectivity index is 1.64. The van der Waals surface area contributed by atoms with Gasteiger partial charge in [0.15, 0.2) is 5.82 Å². The minimum Gasteiger partial charge on any atom is -0.496 e. The van der Waals surface area contributed by atoms with Crippen LogP contribution in [0.25, 0.3) is 23.2 Å². The molecular weight excluding hydrogens is 516 g/mol. The fourth-order valence-electron chi connectivity index (χ4n) is 2.99. The molecule has 0 fully saturated rings. The molecule has 0 saturated carbocycles. The predicted molar refractivity (Wildman–Crippen MR) is 128 cm³/mol. The average molecular weight is 532 g/mol. The highest BCUT2D eigenvalue weighted by molar-refractivity contribution is 9.10. The molecule has 32 heavy (non-hydrogen) atoms. The number of carboxylic acid groups (broad SMARTS) is 1. The Morgan fingerprint density at radius 2 is 2.03 bits per heavy atom. The van der Waals surface area contributed by atoms with Gasteiger partial charge in [0.25, 0.3) is 0 Å². The van der Waals surface area contributed by atoms with Crippen molar-refractivity contribution in [3.63, 3.8) is 0 Å². The molecule has 4 aromatic rings. The van der Waals surface area contributed by atoms with E-state index in [0.29, 0.717) is 27.9 Å². The standard InChI is InChI=1S/C22H16BrClN4O3S/c1-31-18-9-6-14(24)11-17(18)20-25-22(27-26-20)32-19(21(29)30)12-16-3-2-10-28(16)15-7-4-13(23)5-8-15/h2-12H,1H3,(H,29,30)(H,25,26,27)/b19-12-. The van der Waals surface area contributed by atoms with Gasteiger partial charge in [-0.1, -0.05) is 27.5 Å². The van der Waals surface area contributed by atoms with Gasteiger partial charge in [-0.25, -0.2) is 9.78 Å². The molecule has 162 valence electrons. The van der Waals surface area contributed by atoms with Crippen molar-refractivity contribution in [1.29, 1.82) is 0 Å². The molecule has 4 rings (SSSR count). The number of benzene rings is 2. The minimum absolute atomic E-state index is 0.0747. The number of H-pyrrole nitrogens is 1. The molecule has 0 bridgehead atoms. The number of aromatic nitrogens is 4. The smallest absolute Gasteiger partial charge is 0.342 e. The van der Waals surface area contributed by atoms with Gasteiger partial charge in [0, 0.05) is 27.1 Å². The maximum atomic E-state index is 11.9. The molecule has 7 nitrogen and oxygen atoms in total. The van der Waals surface area contributed by atoms with Gasteiger partial charge in [-0.15, -0.1) is 5.10 Å². The van der Waals surface area contributed by atoms with Crippen LogP contribution in [0.15, 0.2) is 75.3 Å². The number of nitrogens with zero attached hydrogens (tertiary/aromatic N) is 3. The molecular formula is C22H16BrClN4O3S. The number of carboxylic acids is 1. The number of hydrogen-bond donors (Lipinski definition) is 2. The zero-order chi connectivity index (χ0) is 22.7. The van der Waals surface area contributed by atoms with Gasteiger partial charge in [0.1, 0.15) is 10.7 Å². The van der Waals surface area contributed by atoms with Gasteiger partial charge < -0.3 is 14.4 Å². The molecule has 2 aromatic carbocycles. The first kappa shape index (κ1) is 22.2. The minimum atomic E-state index is -1.08. The van der Waals surface area contributed by atoms with E-state index in [-0.39, 0.29) is 10.1 Å². The Kier molecular flexibility index (Phi) is 6.69. The molecule has 0 saturated heterocycles. The molecule has 0 amide bonds. The number of hydrogen-bond acceptors (Lipinski definition) is 5. The summed E-state index contributed by atoms with van der Waals surface area (Å²) >= 11 is 10.5. The van der Waals surface area contributed by atoms with Crippen molar-refractivity contribution in [3.05, 3.63) is 80.9 Å². The zero-order valence-corrected chi connectivity index (χ0v) is 19.8. The summed E-state index contributed by atoms with van der Waals surface area (Å²) < 4.78 is 8.21. The Bertz CT molecular complexity index is 1300. The molecule has 2 N–H and O–H groups in total. The first-order chi connectivity index (χ1) is 15.4. The third-order valence-electron chi connectivity index (χ3n) is 4.46. The Morgan fingerprint density at radius 3 is 2.75 bits per heavy atom. The summed E-state index contributed by atoms with van der Waals surface area (Å²) in [6.07, 6.45) is 3.46.